The molecule has 0 aromatic heterocycles. The normalized spacial score (nSPS) is 11.1. The van der Waals surface area contributed by atoms with E-state index in [2.05, 4.69) is 5.32 Å². The zero-order chi connectivity index (χ0) is 19.5. The molecular formula is C18H18ClNO5S. The molecule has 2 aromatic carbocycles. The first-order valence-electron chi connectivity index (χ1n) is 7.62. The summed E-state index contributed by atoms with van der Waals surface area (Å²) in [6, 6.07) is 9.30. The van der Waals surface area contributed by atoms with E-state index in [0.29, 0.717) is 5.69 Å². The van der Waals surface area contributed by atoms with Gasteiger partial charge in [-0.05, 0) is 43.2 Å². The Kier molecular flexibility index (Phi) is 6.05. The van der Waals surface area contributed by atoms with Crippen molar-refractivity contribution in [1.29, 1.82) is 0 Å². The van der Waals surface area contributed by atoms with Crippen LogP contribution in [0.25, 0.3) is 0 Å². The molecule has 0 unspecified atom stereocenters. The molecule has 0 saturated heterocycles. The van der Waals surface area contributed by atoms with Crippen LogP contribution in [-0.4, -0.2) is 33.2 Å². The molecule has 6 nitrogen and oxygen atoms in total. The molecule has 0 atom stereocenters. The molecule has 138 valence electrons. The van der Waals surface area contributed by atoms with Crippen LogP contribution >= 0.6 is 11.6 Å². The number of carbonyl (C=O) groups excluding carboxylic acids is 2. The predicted molar refractivity (Wildman–Crippen MR) is 99.4 cm³/mol. The minimum absolute atomic E-state index is 0.0394. The molecule has 2 aromatic rings. The highest BCUT2D eigenvalue weighted by Gasteiger charge is 2.18. The van der Waals surface area contributed by atoms with Gasteiger partial charge in [0.1, 0.15) is 0 Å². The molecule has 1 amide bonds. The smallest absolute Gasteiger partial charge is 0.340 e. The third-order valence-electron chi connectivity index (χ3n) is 3.67. The number of hydrogen-bond acceptors (Lipinski definition) is 5. The van der Waals surface area contributed by atoms with Crippen molar-refractivity contribution in [3.63, 3.8) is 0 Å². The summed E-state index contributed by atoms with van der Waals surface area (Å²) < 4.78 is 28.1. The van der Waals surface area contributed by atoms with Crippen LogP contribution < -0.4 is 5.32 Å². The lowest BCUT2D eigenvalue weighted by atomic mass is 10.1. The summed E-state index contributed by atoms with van der Waals surface area (Å²) in [5.74, 6) is -1.39. The van der Waals surface area contributed by atoms with Gasteiger partial charge in [0, 0.05) is 11.9 Å². The van der Waals surface area contributed by atoms with Crippen molar-refractivity contribution in [2.45, 2.75) is 18.7 Å². The third-order valence-corrected chi connectivity index (χ3v) is 5.11. The molecule has 0 spiro atoms. The number of esters is 1. The second-order valence-electron chi connectivity index (χ2n) is 5.80. The van der Waals surface area contributed by atoms with Crippen molar-refractivity contribution in [1.82, 2.24) is 0 Å². The predicted octanol–water partition coefficient (Wildman–Crippen LogP) is 3.16. The van der Waals surface area contributed by atoms with E-state index in [4.69, 9.17) is 16.3 Å². The molecule has 0 aliphatic rings. The summed E-state index contributed by atoms with van der Waals surface area (Å²) in [5.41, 5.74) is 2.31. The number of aryl methyl sites for hydroxylation is 2. The van der Waals surface area contributed by atoms with Crippen LogP contribution in [0.1, 0.15) is 21.5 Å². The summed E-state index contributed by atoms with van der Waals surface area (Å²) in [6.45, 7) is 3.18. The number of ether oxygens (including phenoxy) is 1. The number of amides is 1. The second-order valence-corrected chi connectivity index (χ2v) is 8.23. The Morgan fingerprint density at radius 3 is 2.31 bits per heavy atom. The molecule has 0 aliphatic heterocycles. The summed E-state index contributed by atoms with van der Waals surface area (Å²) in [6.07, 6.45) is 1.02. The number of anilines is 1. The molecule has 0 bridgehead atoms. The van der Waals surface area contributed by atoms with Gasteiger partial charge in [0.25, 0.3) is 5.91 Å². The molecule has 8 heteroatoms. The van der Waals surface area contributed by atoms with Crippen molar-refractivity contribution >= 4 is 39.0 Å². The van der Waals surface area contributed by atoms with Gasteiger partial charge in [0.2, 0.25) is 0 Å². The topological polar surface area (TPSA) is 89.5 Å². The summed E-state index contributed by atoms with van der Waals surface area (Å²) in [7, 11) is -3.50. The molecular weight excluding hydrogens is 378 g/mol. The van der Waals surface area contributed by atoms with E-state index in [9.17, 15) is 18.0 Å². The average Bonchev–Trinajstić information content (AvgIpc) is 2.55. The Bertz CT molecular complexity index is 949. The van der Waals surface area contributed by atoms with Crippen LogP contribution in [-0.2, 0) is 19.4 Å². The monoisotopic (exact) mass is 395 g/mol. The third kappa shape index (κ3) is 4.83. The van der Waals surface area contributed by atoms with E-state index in [1.165, 1.54) is 12.1 Å². The Labute approximate surface area is 157 Å². The van der Waals surface area contributed by atoms with Gasteiger partial charge in [0.05, 0.1) is 15.5 Å². The minimum Gasteiger partial charge on any atom is -0.452 e. The number of carbonyl (C=O) groups is 2. The van der Waals surface area contributed by atoms with Crippen LogP contribution in [0, 0.1) is 13.8 Å². The van der Waals surface area contributed by atoms with E-state index >= 15 is 0 Å². The molecule has 2 rings (SSSR count). The van der Waals surface area contributed by atoms with Gasteiger partial charge in [-0.1, -0.05) is 29.8 Å². The maximum Gasteiger partial charge on any atom is 0.340 e. The fourth-order valence-electron chi connectivity index (χ4n) is 2.29. The van der Waals surface area contributed by atoms with Crippen LogP contribution in [0.2, 0.25) is 5.02 Å². The van der Waals surface area contributed by atoms with Crippen LogP contribution in [0.4, 0.5) is 5.69 Å². The standard InChI is InChI=1S/C18H18ClNO5S/c1-11-5-4-6-12(2)17(11)20-16(21)10-25-18(22)14-9-13(26(3,23)24)7-8-15(14)19/h4-9H,10H2,1-3H3,(H,20,21). The van der Waals surface area contributed by atoms with Crippen molar-refractivity contribution < 1.29 is 22.7 Å². The molecule has 0 heterocycles. The SMILES string of the molecule is Cc1cccc(C)c1NC(=O)COC(=O)c1cc(S(C)(=O)=O)ccc1Cl. The summed E-state index contributed by atoms with van der Waals surface area (Å²) in [4.78, 5) is 24.1. The first-order chi connectivity index (χ1) is 12.1. The van der Waals surface area contributed by atoms with E-state index < -0.39 is 28.3 Å². The second kappa shape index (κ2) is 7.88. The summed E-state index contributed by atoms with van der Waals surface area (Å²) in [5, 5.41) is 2.73. The Hall–Kier alpha value is -2.38. The molecule has 26 heavy (non-hydrogen) atoms. The van der Waals surface area contributed by atoms with Gasteiger partial charge in [-0.3, -0.25) is 4.79 Å². The lowest BCUT2D eigenvalue weighted by Gasteiger charge is -2.12. The van der Waals surface area contributed by atoms with E-state index in [1.807, 2.05) is 32.0 Å². The Morgan fingerprint density at radius 2 is 1.73 bits per heavy atom. The van der Waals surface area contributed by atoms with Crippen LogP contribution in [0.15, 0.2) is 41.3 Å². The van der Waals surface area contributed by atoms with Crippen molar-refractivity contribution in [3.05, 3.63) is 58.1 Å². The van der Waals surface area contributed by atoms with Gasteiger partial charge in [-0.2, -0.15) is 0 Å². The highest BCUT2D eigenvalue weighted by atomic mass is 35.5. The van der Waals surface area contributed by atoms with Crippen LogP contribution in [0.3, 0.4) is 0 Å². The largest absolute Gasteiger partial charge is 0.452 e. The number of benzene rings is 2. The molecule has 0 radical (unpaired) electrons. The van der Waals surface area contributed by atoms with Crippen molar-refractivity contribution in [2.24, 2.45) is 0 Å². The quantitative estimate of drug-likeness (QED) is 0.785. The number of sulfone groups is 1. The van der Waals surface area contributed by atoms with Gasteiger partial charge in [-0.15, -0.1) is 0 Å². The Balaban J connectivity index is 2.08. The Morgan fingerprint density at radius 1 is 1.12 bits per heavy atom. The lowest BCUT2D eigenvalue weighted by molar-refractivity contribution is -0.119. The lowest BCUT2D eigenvalue weighted by Crippen LogP contribution is -2.22. The van der Waals surface area contributed by atoms with E-state index in [-0.39, 0.29) is 15.5 Å². The molecule has 0 fully saturated rings. The summed E-state index contributed by atoms with van der Waals surface area (Å²) >= 11 is 5.93. The van der Waals surface area contributed by atoms with Gasteiger partial charge < -0.3 is 10.1 Å². The first kappa shape index (κ1) is 19.9. The molecule has 0 aliphatic carbocycles. The zero-order valence-electron chi connectivity index (χ0n) is 14.5. The van der Waals surface area contributed by atoms with E-state index in [0.717, 1.165) is 23.4 Å². The number of para-hydroxylation sites is 1. The molecule has 1 N–H and O–H groups in total. The fourth-order valence-corrected chi connectivity index (χ4v) is 3.13. The van der Waals surface area contributed by atoms with Crippen molar-refractivity contribution in [3.8, 4) is 0 Å². The number of nitrogens with one attached hydrogen (secondary N) is 1. The fraction of sp³-hybridized carbons (Fsp3) is 0.222. The van der Waals surface area contributed by atoms with Gasteiger partial charge >= 0.3 is 5.97 Å². The van der Waals surface area contributed by atoms with Gasteiger partial charge in [-0.25, -0.2) is 13.2 Å². The number of halogens is 1. The average molecular weight is 396 g/mol. The number of hydrogen-bond donors (Lipinski definition) is 1. The maximum atomic E-state index is 12.2. The zero-order valence-corrected chi connectivity index (χ0v) is 16.1. The maximum absolute atomic E-state index is 12.2. The van der Waals surface area contributed by atoms with E-state index in [1.54, 1.807) is 0 Å². The highest BCUT2D eigenvalue weighted by molar-refractivity contribution is 7.90. The number of rotatable bonds is 5. The minimum atomic E-state index is -3.50. The highest BCUT2D eigenvalue weighted by Crippen LogP contribution is 2.22. The van der Waals surface area contributed by atoms with Crippen molar-refractivity contribution in [2.75, 3.05) is 18.2 Å². The van der Waals surface area contributed by atoms with Crippen LogP contribution in [0.5, 0.6) is 0 Å². The molecule has 0 saturated carbocycles. The first-order valence-corrected chi connectivity index (χ1v) is 9.89. The van der Waals surface area contributed by atoms with Gasteiger partial charge in [0.15, 0.2) is 16.4 Å².